The lowest BCUT2D eigenvalue weighted by Crippen LogP contribution is -2.55. The number of fused-ring (bicyclic) bond motifs is 1. The van der Waals surface area contributed by atoms with Crippen LogP contribution in [0.2, 0.25) is 0 Å². The van der Waals surface area contributed by atoms with Crippen molar-refractivity contribution >= 4 is 10.8 Å². The van der Waals surface area contributed by atoms with Gasteiger partial charge in [0.1, 0.15) is 23.7 Å². The highest BCUT2D eigenvalue weighted by Crippen LogP contribution is 2.30. The standard InChI is InChI=1S/C15H16O6/c16-9-4-5-10-8(6-9)2-1-3-12(10)21-14-13(18)11(17)7-20-15(14)19/h1-6,11,13-19H,7H2/t11-,13+,14-,15+/m1/s1. The first-order chi connectivity index (χ1) is 10.1. The van der Waals surface area contributed by atoms with Gasteiger partial charge in [0.05, 0.1) is 6.61 Å². The lowest BCUT2D eigenvalue weighted by atomic mass is 10.0. The molecular weight excluding hydrogens is 276 g/mol. The second-order valence-corrected chi connectivity index (χ2v) is 5.03. The minimum Gasteiger partial charge on any atom is -0.508 e. The zero-order chi connectivity index (χ0) is 15.0. The van der Waals surface area contributed by atoms with Crippen molar-refractivity contribution in [2.75, 3.05) is 6.61 Å². The molecule has 0 radical (unpaired) electrons. The Morgan fingerprint density at radius 3 is 2.71 bits per heavy atom. The molecule has 6 heteroatoms. The monoisotopic (exact) mass is 292 g/mol. The summed E-state index contributed by atoms with van der Waals surface area (Å²) < 4.78 is 10.6. The van der Waals surface area contributed by atoms with Crippen LogP contribution in [0.5, 0.6) is 11.5 Å². The Morgan fingerprint density at radius 1 is 1.10 bits per heavy atom. The van der Waals surface area contributed by atoms with Crippen molar-refractivity contribution in [1.82, 2.24) is 0 Å². The van der Waals surface area contributed by atoms with Crippen LogP contribution >= 0.6 is 0 Å². The molecule has 0 unspecified atom stereocenters. The molecule has 0 saturated carbocycles. The van der Waals surface area contributed by atoms with E-state index in [-0.39, 0.29) is 12.4 Å². The highest BCUT2D eigenvalue weighted by molar-refractivity contribution is 5.89. The third-order valence-electron chi connectivity index (χ3n) is 3.54. The molecule has 112 valence electrons. The quantitative estimate of drug-likeness (QED) is 0.638. The van der Waals surface area contributed by atoms with Gasteiger partial charge >= 0.3 is 0 Å². The maximum atomic E-state index is 9.93. The van der Waals surface area contributed by atoms with E-state index in [0.717, 1.165) is 10.8 Å². The predicted octanol–water partition coefficient (Wildman–Crippen LogP) is 0.363. The normalized spacial score (nSPS) is 29.5. The van der Waals surface area contributed by atoms with Crippen LogP contribution in [0.3, 0.4) is 0 Å². The number of ether oxygens (including phenoxy) is 2. The van der Waals surface area contributed by atoms with Crippen molar-refractivity contribution < 1.29 is 29.9 Å². The summed E-state index contributed by atoms with van der Waals surface area (Å²) in [6.45, 7) is -0.147. The molecule has 0 spiro atoms. The molecule has 1 heterocycles. The minimum atomic E-state index is -1.32. The molecule has 0 aliphatic carbocycles. The Bertz CT molecular complexity index is 643. The van der Waals surface area contributed by atoms with Crippen LogP contribution in [0.15, 0.2) is 36.4 Å². The zero-order valence-electron chi connectivity index (χ0n) is 11.1. The number of benzene rings is 2. The van der Waals surface area contributed by atoms with E-state index in [9.17, 15) is 20.4 Å². The SMILES string of the molecule is Oc1ccc2c(O[C@@H]3[C@@H](O)[C@H](O)CO[C@@H]3O)cccc2c1. The number of phenolic OH excluding ortho intramolecular Hbond substituents is 1. The summed E-state index contributed by atoms with van der Waals surface area (Å²) in [6, 6.07) is 10.0. The van der Waals surface area contributed by atoms with Crippen LogP contribution < -0.4 is 4.74 Å². The first kappa shape index (κ1) is 14.1. The highest BCUT2D eigenvalue weighted by Gasteiger charge is 2.39. The molecule has 0 amide bonds. The fraction of sp³-hybridized carbons (Fsp3) is 0.333. The van der Waals surface area contributed by atoms with E-state index < -0.39 is 24.6 Å². The van der Waals surface area contributed by atoms with Gasteiger partial charge in [0.15, 0.2) is 12.4 Å². The Kier molecular flexibility index (Phi) is 3.69. The summed E-state index contributed by atoms with van der Waals surface area (Å²) in [5, 5.41) is 40.3. The van der Waals surface area contributed by atoms with Gasteiger partial charge in [-0.05, 0) is 29.7 Å². The van der Waals surface area contributed by atoms with Gasteiger partial charge in [-0.3, -0.25) is 0 Å². The minimum absolute atomic E-state index is 0.135. The van der Waals surface area contributed by atoms with Crippen LogP contribution in [0.4, 0.5) is 0 Å². The first-order valence-electron chi connectivity index (χ1n) is 6.60. The fourth-order valence-corrected chi connectivity index (χ4v) is 2.40. The Labute approximate surface area is 120 Å². The van der Waals surface area contributed by atoms with Crippen molar-refractivity contribution in [2.45, 2.75) is 24.6 Å². The van der Waals surface area contributed by atoms with Crippen LogP contribution in [0.25, 0.3) is 10.8 Å². The average molecular weight is 292 g/mol. The number of phenols is 1. The Hall–Kier alpha value is -1.86. The molecule has 3 rings (SSSR count). The topological polar surface area (TPSA) is 99.4 Å². The molecule has 2 aromatic carbocycles. The van der Waals surface area contributed by atoms with Crippen molar-refractivity contribution in [2.24, 2.45) is 0 Å². The van der Waals surface area contributed by atoms with Gasteiger partial charge in [-0.2, -0.15) is 0 Å². The molecule has 1 aliphatic heterocycles. The molecule has 4 atom stereocenters. The van der Waals surface area contributed by atoms with Gasteiger partial charge in [-0.25, -0.2) is 0 Å². The van der Waals surface area contributed by atoms with Gasteiger partial charge in [-0.15, -0.1) is 0 Å². The van der Waals surface area contributed by atoms with Crippen LogP contribution in [-0.4, -0.2) is 51.6 Å². The van der Waals surface area contributed by atoms with Crippen LogP contribution in [-0.2, 0) is 4.74 Å². The van der Waals surface area contributed by atoms with Crippen molar-refractivity contribution in [3.63, 3.8) is 0 Å². The summed E-state index contributed by atoms with van der Waals surface area (Å²) >= 11 is 0. The van der Waals surface area contributed by atoms with Gasteiger partial charge in [0.2, 0.25) is 0 Å². The number of aromatic hydroxyl groups is 1. The van der Waals surface area contributed by atoms with E-state index >= 15 is 0 Å². The maximum Gasteiger partial charge on any atom is 0.195 e. The molecular formula is C15H16O6. The smallest absolute Gasteiger partial charge is 0.195 e. The maximum absolute atomic E-state index is 9.93. The van der Waals surface area contributed by atoms with Gasteiger partial charge < -0.3 is 29.9 Å². The van der Waals surface area contributed by atoms with E-state index in [1.54, 1.807) is 30.3 Å². The van der Waals surface area contributed by atoms with E-state index in [2.05, 4.69) is 0 Å². The van der Waals surface area contributed by atoms with Gasteiger partial charge in [0.25, 0.3) is 0 Å². The molecule has 6 nitrogen and oxygen atoms in total. The second kappa shape index (κ2) is 5.50. The average Bonchev–Trinajstić information content (AvgIpc) is 2.47. The van der Waals surface area contributed by atoms with Crippen molar-refractivity contribution in [3.8, 4) is 11.5 Å². The number of hydrogen-bond donors (Lipinski definition) is 4. The van der Waals surface area contributed by atoms with Gasteiger partial charge in [0, 0.05) is 5.39 Å². The first-order valence-corrected chi connectivity index (χ1v) is 6.60. The van der Waals surface area contributed by atoms with Crippen molar-refractivity contribution in [3.05, 3.63) is 36.4 Å². The lowest BCUT2D eigenvalue weighted by Gasteiger charge is -2.35. The van der Waals surface area contributed by atoms with E-state index in [0.29, 0.717) is 5.75 Å². The molecule has 1 saturated heterocycles. The van der Waals surface area contributed by atoms with Crippen LogP contribution in [0.1, 0.15) is 0 Å². The summed E-state index contributed by atoms with van der Waals surface area (Å²) in [7, 11) is 0. The summed E-state index contributed by atoms with van der Waals surface area (Å²) in [4.78, 5) is 0. The third kappa shape index (κ3) is 2.66. The zero-order valence-corrected chi connectivity index (χ0v) is 11.1. The third-order valence-corrected chi connectivity index (χ3v) is 3.54. The molecule has 0 bridgehead atoms. The van der Waals surface area contributed by atoms with E-state index in [1.807, 2.05) is 0 Å². The number of hydrogen-bond acceptors (Lipinski definition) is 6. The highest BCUT2D eigenvalue weighted by atomic mass is 16.6. The van der Waals surface area contributed by atoms with Crippen LogP contribution in [0, 0.1) is 0 Å². The van der Waals surface area contributed by atoms with E-state index in [1.165, 1.54) is 6.07 Å². The molecule has 21 heavy (non-hydrogen) atoms. The summed E-state index contributed by atoms with van der Waals surface area (Å²) in [6.07, 6.45) is -4.78. The summed E-state index contributed by atoms with van der Waals surface area (Å²) in [5.41, 5.74) is 0. The lowest BCUT2D eigenvalue weighted by molar-refractivity contribution is -0.244. The van der Waals surface area contributed by atoms with Gasteiger partial charge in [-0.1, -0.05) is 12.1 Å². The van der Waals surface area contributed by atoms with E-state index in [4.69, 9.17) is 9.47 Å². The fourth-order valence-electron chi connectivity index (χ4n) is 2.40. The molecule has 1 fully saturated rings. The number of rotatable bonds is 2. The largest absolute Gasteiger partial charge is 0.508 e. The van der Waals surface area contributed by atoms with Crippen molar-refractivity contribution in [1.29, 1.82) is 0 Å². The number of aliphatic hydroxyl groups is 3. The molecule has 0 aromatic heterocycles. The second-order valence-electron chi connectivity index (χ2n) is 5.03. The molecule has 1 aliphatic rings. The molecule has 2 aromatic rings. The molecule has 4 N–H and O–H groups in total. The number of aliphatic hydroxyl groups excluding tert-OH is 3. The Balaban J connectivity index is 1.94. The Morgan fingerprint density at radius 2 is 1.90 bits per heavy atom. The summed E-state index contributed by atoms with van der Waals surface area (Å²) in [5.74, 6) is 0.560. The predicted molar refractivity (Wildman–Crippen MR) is 74.0 cm³/mol.